The fraction of sp³-hybridized carbons (Fsp3) is 0.286. The number of nitro groups is 1. The van der Waals surface area contributed by atoms with Crippen LogP contribution in [0.4, 0.5) is 11.4 Å². The first-order chi connectivity index (χ1) is 10.8. The fourth-order valence-corrected chi connectivity index (χ4v) is 2.20. The number of benzene rings is 1. The highest BCUT2D eigenvalue weighted by molar-refractivity contribution is 6.34. The van der Waals surface area contributed by atoms with Crippen LogP contribution in [0, 0.1) is 17.0 Å². The van der Waals surface area contributed by atoms with Crippen molar-refractivity contribution in [1.82, 2.24) is 10.1 Å². The van der Waals surface area contributed by atoms with Gasteiger partial charge in [0.2, 0.25) is 5.91 Å². The maximum absolute atomic E-state index is 12.0. The quantitative estimate of drug-likeness (QED) is 0.641. The Labute approximate surface area is 137 Å². The number of nitro benzene ring substituents is 1. The highest BCUT2D eigenvalue weighted by Crippen LogP contribution is 2.26. The maximum Gasteiger partial charge on any atom is 0.271 e. The topological polar surface area (TPSA) is 102 Å². The van der Waals surface area contributed by atoms with E-state index in [0.29, 0.717) is 18.0 Å². The fourth-order valence-electron chi connectivity index (χ4n) is 1.98. The SMILES string of the molecule is Cc1cc(CN(C)CC(=O)Nc2ccc([N+](=O)[O-])cc2Cl)no1. The molecule has 0 bridgehead atoms. The summed E-state index contributed by atoms with van der Waals surface area (Å²) >= 11 is 5.93. The van der Waals surface area contributed by atoms with E-state index >= 15 is 0 Å². The van der Waals surface area contributed by atoms with E-state index in [1.54, 1.807) is 24.9 Å². The van der Waals surface area contributed by atoms with Crippen LogP contribution in [0.25, 0.3) is 0 Å². The molecule has 122 valence electrons. The lowest BCUT2D eigenvalue weighted by molar-refractivity contribution is -0.384. The average Bonchev–Trinajstić information content (AvgIpc) is 2.85. The van der Waals surface area contributed by atoms with Gasteiger partial charge in [-0.25, -0.2) is 0 Å². The number of anilines is 1. The van der Waals surface area contributed by atoms with Crippen molar-refractivity contribution in [1.29, 1.82) is 0 Å². The van der Waals surface area contributed by atoms with Gasteiger partial charge in [-0.2, -0.15) is 0 Å². The Morgan fingerprint density at radius 3 is 2.78 bits per heavy atom. The predicted molar refractivity (Wildman–Crippen MR) is 84.3 cm³/mol. The third-order valence-corrected chi connectivity index (χ3v) is 3.27. The van der Waals surface area contributed by atoms with Gasteiger partial charge in [-0.3, -0.25) is 19.8 Å². The molecule has 1 heterocycles. The zero-order valence-electron chi connectivity index (χ0n) is 12.6. The van der Waals surface area contributed by atoms with Gasteiger partial charge in [0.05, 0.1) is 27.9 Å². The molecule has 0 spiro atoms. The van der Waals surface area contributed by atoms with Gasteiger partial charge in [-0.15, -0.1) is 0 Å². The molecule has 0 saturated heterocycles. The molecule has 0 fully saturated rings. The van der Waals surface area contributed by atoms with E-state index in [1.165, 1.54) is 18.2 Å². The minimum absolute atomic E-state index is 0.110. The number of rotatable bonds is 6. The van der Waals surface area contributed by atoms with Gasteiger partial charge in [-0.1, -0.05) is 16.8 Å². The van der Waals surface area contributed by atoms with E-state index in [1.807, 2.05) is 0 Å². The van der Waals surface area contributed by atoms with E-state index < -0.39 is 4.92 Å². The van der Waals surface area contributed by atoms with Crippen LogP contribution < -0.4 is 5.32 Å². The van der Waals surface area contributed by atoms with Crippen molar-refractivity contribution >= 4 is 28.9 Å². The Morgan fingerprint density at radius 1 is 1.48 bits per heavy atom. The number of carbonyl (C=O) groups excluding carboxylic acids is 1. The summed E-state index contributed by atoms with van der Waals surface area (Å²) in [5, 5.41) is 17.2. The van der Waals surface area contributed by atoms with Crippen LogP contribution in [0.15, 0.2) is 28.8 Å². The maximum atomic E-state index is 12.0. The first-order valence-corrected chi connectivity index (χ1v) is 7.07. The molecule has 0 radical (unpaired) electrons. The Kier molecular flexibility index (Phi) is 5.30. The summed E-state index contributed by atoms with van der Waals surface area (Å²) in [5.41, 5.74) is 0.922. The number of likely N-dealkylation sites (N-methyl/N-ethyl adjacent to an activating group) is 1. The highest BCUT2D eigenvalue weighted by atomic mass is 35.5. The Bertz CT molecular complexity index is 731. The molecule has 0 atom stereocenters. The average molecular weight is 339 g/mol. The Balaban J connectivity index is 1.92. The monoisotopic (exact) mass is 338 g/mol. The summed E-state index contributed by atoms with van der Waals surface area (Å²) in [6, 6.07) is 5.67. The van der Waals surface area contributed by atoms with Crippen LogP contribution in [-0.4, -0.2) is 34.5 Å². The summed E-state index contributed by atoms with van der Waals surface area (Å²) in [4.78, 5) is 23.9. The number of non-ortho nitro benzene ring substituents is 1. The van der Waals surface area contributed by atoms with E-state index in [2.05, 4.69) is 10.5 Å². The number of carbonyl (C=O) groups is 1. The zero-order chi connectivity index (χ0) is 17.0. The molecule has 0 saturated carbocycles. The van der Waals surface area contributed by atoms with Gasteiger partial charge in [0, 0.05) is 24.7 Å². The van der Waals surface area contributed by atoms with Crippen LogP contribution in [0.5, 0.6) is 0 Å². The molecule has 1 N–H and O–H groups in total. The summed E-state index contributed by atoms with van der Waals surface area (Å²) in [6.07, 6.45) is 0. The largest absolute Gasteiger partial charge is 0.361 e. The lowest BCUT2D eigenvalue weighted by atomic mass is 10.2. The molecule has 1 aromatic heterocycles. The van der Waals surface area contributed by atoms with Crippen molar-refractivity contribution in [3.05, 3.63) is 50.9 Å². The van der Waals surface area contributed by atoms with Gasteiger partial charge in [0.25, 0.3) is 5.69 Å². The lowest BCUT2D eigenvalue weighted by Gasteiger charge is -2.15. The number of nitrogens with zero attached hydrogens (tertiary/aromatic N) is 3. The van der Waals surface area contributed by atoms with Gasteiger partial charge in [0.15, 0.2) is 0 Å². The second kappa shape index (κ2) is 7.21. The lowest BCUT2D eigenvalue weighted by Crippen LogP contribution is -2.30. The van der Waals surface area contributed by atoms with Crippen molar-refractivity contribution in [2.45, 2.75) is 13.5 Å². The van der Waals surface area contributed by atoms with Crippen LogP contribution in [0.3, 0.4) is 0 Å². The van der Waals surface area contributed by atoms with E-state index in [0.717, 1.165) is 5.69 Å². The summed E-state index contributed by atoms with van der Waals surface area (Å²) < 4.78 is 4.96. The number of hydrogen-bond donors (Lipinski definition) is 1. The van der Waals surface area contributed by atoms with Gasteiger partial charge >= 0.3 is 0 Å². The molecule has 9 heteroatoms. The second-order valence-electron chi connectivity index (χ2n) is 5.07. The van der Waals surface area contributed by atoms with Gasteiger partial charge in [0.1, 0.15) is 5.76 Å². The van der Waals surface area contributed by atoms with Crippen LogP contribution in [-0.2, 0) is 11.3 Å². The van der Waals surface area contributed by atoms with Crippen molar-refractivity contribution in [3.63, 3.8) is 0 Å². The number of amides is 1. The molecule has 23 heavy (non-hydrogen) atoms. The molecule has 8 nitrogen and oxygen atoms in total. The molecule has 0 aliphatic heterocycles. The predicted octanol–water partition coefficient (Wildman–Crippen LogP) is 2.62. The van der Waals surface area contributed by atoms with E-state index in [4.69, 9.17) is 16.1 Å². The van der Waals surface area contributed by atoms with Crippen molar-refractivity contribution in [2.24, 2.45) is 0 Å². The van der Waals surface area contributed by atoms with E-state index in [-0.39, 0.29) is 23.2 Å². The number of aromatic nitrogens is 1. The third-order valence-electron chi connectivity index (χ3n) is 2.96. The highest BCUT2D eigenvalue weighted by Gasteiger charge is 2.13. The summed E-state index contributed by atoms with van der Waals surface area (Å²) in [7, 11) is 1.76. The van der Waals surface area contributed by atoms with Crippen LogP contribution in [0.1, 0.15) is 11.5 Å². The normalized spacial score (nSPS) is 10.8. The smallest absolute Gasteiger partial charge is 0.271 e. The molecule has 1 aromatic carbocycles. The van der Waals surface area contributed by atoms with Crippen molar-refractivity contribution < 1.29 is 14.2 Å². The Morgan fingerprint density at radius 2 is 2.22 bits per heavy atom. The third kappa shape index (κ3) is 4.76. The second-order valence-corrected chi connectivity index (χ2v) is 5.48. The minimum Gasteiger partial charge on any atom is -0.361 e. The molecule has 0 aliphatic carbocycles. The van der Waals surface area contributed by atoms with Crippen LogP contribution in [0.2, 0.25) is 5.02 Å². The molecule has 0 unspecified atom stereocenters. The molecule has 1 amide bonds. The number of hydrogen-bond acceptors (Lipinski definition) is 6. The Hall–Kier alpha value is -2.45. The molecular formula is C14H15ClN4O4. The van der Waals surface area contributed by atoms with Gasteiger partial charge < -0.3 is 9.84 Å². The molecular weight excluding hydrogens is 324 g/mol. The van der Waals surface area contributed by atoms with Crippen molar-refractivity contribution in [2.75, 3.05) is 18.9 Å². The van der Waals surface area contributed by atoms with Crippen LogP contribution >= 0.6 is 11.6 Å². The molecule has 2 rings (SSSR count). The zero-order valence-corrected chi connectivity index (χ0v) is 13.3. The van der Waals surface area contributed by atoms with Crippen molar-refractivity contribution in [3.8, 4) is 0 Å². The summed E-state index contributed by atoms with van der Waals surface area (Å²) in [6.45, 7) is 2.36. The first-order valence-electron chi connectivity index (χ1n) is 6.69. The number of halogens is 1. The summed E-state index contributed by atoms with van der Waals surface area (Å²) in [5.74, 6) is 0.416. The first kappa shape index (κ1) is 16.9. The minimum atomic E-state index is -0.550. The standard InChI is InChI=1S/C14H15ClN4O4/c1-9-5-10(17-23-9)7-18(2)8-14(20)16-13-4-3-11(19(21)22)6-12(13)15/h3-6H,7-8H2,1-2H3,(H,16,20). The van der Waals surface area contributed by atoms with E-state index in [9.17, 15) is 14.9 Å². The van der Waals surface area contributed by atoms with Gasteiger partial charge in [-0.05, 0) is 20.0 Å². The molecule has 2 aromatic rings. The number of aryl methyl sites for hydroxylation is 1. The number of nitrogens with one attached hydrogen (secondary N) is 1. The molecule has 0 aliphatic rings.